The number of halogens is 3. The second-order valence-electron chi connectivity index (χ2n) is 5.87. The summed E-state index contributed by atoms with van der Waals surface area (Å²) in [5.74, 6) is 0.497. The van der Waals surface area contributed by atoms with Gasteiger partial charge >= 0.3 is 6.18 Å². The fourth-order valence-electron chi connectivity index (χ4n) is 2.48. The molecule has 2 aromatic heterocycles. The highest BCUT2D eigenvalue weighted by Crippen LogP contribution is 2.28. The van der Waals surface area contributed by atoms with Crippen LogP contribution in [0.15, 0.2) is 34.7 Å². The van der Waals surface area contributed by atoms with E-state index in [2.05, 4.69) is 15.0 Å². The first-order chi connectivity index (χ1) is 13.7. The predicted octanol–water partition coefficient (Wildman–Crippen LogP) is 3.07. The second kappa shape index (κ2) is 8.90. The SMILES string of the molecule is O=C(Nc1ccc(OCC(F)(F)F)nc1)c1sccc1S(=O)(=O)N1CCSCC1. The van der Waals surface area contributed by atoms with Crippen molar-refractivity contribution in [2.24, 2.45) is 0 Å². The van der Waals surface area contributed by atoms with E-state index in [1.54, 1.807) is 11.8 Å². The summed E-state index contributed by atoms with van der Waals surface area (Å²) in [6.45, 7) is -0.711. The summed E-state index contributed by atoms with van der Waals surface area (Å²) in [7, 11) is -3.79. The number of aromatic nitrogens is 1. The van der Waals surface area contributed by atoms with Crippen molar-refractivity contribution in [1.82, 2.24) is 9.29 Å². The molecule has 3 rings (SSSR count). The quantitative estimate of drug-likeness (QED) is 0.703. The van der Waals surface area contributed by atoms with Crippen molar-refractivity contribution in [3.05, 3.63) is 34.7 Å². The molecule has 0 bridgehead atoms. The van der Waals surface area contributed by atoms with E-state index in [4.69, 9.17) is 0 Å². The Morgan fingerprint density at radius 3 is 2.59 bits per heavy atom. The van der Waals surface area contributed by atoms with Crippen LogP contribution in [0.2, 0.25) is 0 Å². The van der Waals surface area contributed by atoms with Crippen LogP contribution in [-0.2, 0) is 10.0 Å². The predicted molar refractivity (Wildman–Crippen MR) is 104 cm³/mol. The number of nitrogens with one attached hydrogen (secondary N) is 1. The number of thiophene rings is 1. The molecule has 158 valence electrons. The second-order valence-corrected chi connectivity index (χ2v) is 9.92. The van der Waals surface area contributed by atoms with Gasteiger partial charge in [0.25, 0.3) is 5.91 Å². The fraction of sp³-hybridized carbons (Fsp3) is 0.375. The number of amides is 1. The van der Waals surface area contributed by atoms with Crippen LogP contribution in [0.5, 0.6) is 5.88 Å². The molecule has 1 fully saturated rings. The van der Waals surface area contributed by atoms with Crippen molar-refractivity contribution < 1.29 is 31.1 Å². The molecule has 1 aliphatic heterocycles. The topological polar surface area (TPSA) is 88.6 Å². The van der Waals surface area contributed by atoms with E-state index in [1.165, 1.54) is 27.9 Å². The lowest BCUT2D eigenvalue weighted by Gasteiger charge is -2.25. The molecule has 0 radical (unpaired) electrons. The smallest absolute Gasteiger partial charge is 0.422 e. The maximum absolute atomic E-state index is 12.8. The lowest BCUT2D eigenvalue weighted by Crippen LogP contribution is -2.38. The Labute approximate surface area is 173 Å². The number of carbonyl (C=O) groups is 1. The summed E-state index contributed by atoms with van der Waals surface area (Å²) < 4.78 is 68.0. The third-order valence-corrected chi connectivity index (χ3v) is 7.73. The van der Waals surface area contributed by atoms with Gasteiger partial charge in [-0.05, 0) is 17.5 Å². The van der Waals surface area contributed by atoms with Gasteiger partial charge in [0.05, 0.1) is 11.9 Å². The number of pyridine rings is 1. The number of hydrogen-bond donors (Lipinski definition) is 1. The number of rotatable bonds is 6. The minimum atomic E-state index is -4.48. The molecule has 2 aromatic rings. The molecule has 13 heteroatoms. The van der Waals surface area contributed by atoms with E-state index in [1.807, 2.05) is 0 Å². The zero-order chi connectivity index (χ0) is 21.1. The molecule has 1 N–H and O–H groups in total. The first kappa shape index (κ1) is 21.9. The van der Waals surface area contributed by atoms with Gasteiger partial charge in [0.2, 0.25) is 15.9 Å². The number of carbonyl (C=O) groups excluding carboxylic acids is 1. The third-order valence-electron chi connectivity index (χ3n) is 3.80. The molecular formula is C16H16F3N3O4S3. The molecule has 0 atom stereocenters. The molecule has 3 heterocycles. The lowest BCUT2D eigenvalue weighted by atomic mass is 10.3. The summed E-state index contributed by atoms with van der Waals surface area (Å²) in [4.78, 5) is 16.2. The first-order valence-corrected chi connectivity index (χ1v) is 11.8. The summed E-state index contributed by atoms with van der Waals surface area (Å²) in [6.07, 6.45) is -3.35. The van der Waals surface area contributed by atoms with E-state index in [0.717, 1.165) is 17.5 Å². The van der Waals surface area contributed by atoms with E-state index in [0.29, 0.717) is 24.6 Å². The standard InChI is InChI=1S/C16H16F3N3O4S3/c17-16(18,19)10-26-13-2-1-11(9-20-13)21-15(23)14-12(3-6-28-14)29(24,25)22-4-7-27-8-5-22/h1-3,6,9H,4-5,7-8,10H2,(H,21,23). The normalized spacial score (nSPS) is 15.8. The van der Waals surface area contributed by atoms with Gasteiger partial charge in [-0.1, -0.05) is 0 Å². The molecule has 1 saturated heterocycles. The Kier molecular flexibility index (Phi) is 6.71. The average molecular weight is 468 g/mol. The van der Waals surface area contributed by atoms with Crippen molar-refractivity contribution in [3.8, 4) is 5.88 Å². The van der Waals surface area contributed by atoms with E-state index in [-0.39, 0.29) is 21.3 Å². The molecule has 1 aliphatic rings. The summed E-state index contributed by atoms with van der Waals surface area (Å²) in [6, 6.07) is 3.89. The van der Waals surface area contributed by atoms with Crippen LogP contribution < -0.4 is 10.1 Å². The van der Waals surface area contributed by atoms with Crippen LogP contribution in [0, 0.1) is 0 Å². The van der Waals surface area contributed by atoms with Crippen LogP contribution in [0.3, 0.4) is 0 Å². The van der Waals surface area contributed by atoms with Crippen molar-refractivity contribution in [2.45, 2.75) is 11.1 Å². The molecule has 0 aliphatic carbocycles. The minimum Gasteiger partial charge on any atom is -0.468 e. The van der Waals surface area contributed by atoms with Crippen LogP contribution in [0.4, 0.5) is 18.9 Å². The third kappa shape index (κ3) is 5.62. The Hall–Kier alpha value is -1.83. The van der Waals surface area contributed by atoms with Crippen molar-refractivity contribution in [2.75, 3.05) is 36.5 Å². The molecule has 29 heavy (non-hydrogen) atoms. The molecule has 0 unspecified atom stereocenters. The minimum absolute atomic E-state index is 0.0284. The molecule has 0 aromatic carbocycles. The summed E-state index contributed by atoms with van der Waals surface area (Å²) >= 11 is 2.66. The van der Waals surface area contributed by atoms with Gasteiger partial charge in [-0.15, -0.1) is 11.3 Å². The molecule has 0 saturated carbocycles. The average Bonchev–Trinajstić information content (AvgIpc) is 3.18. The molecular weight excluding hydrogens is 451 g/mol. The molecule has 1 amide bonds. The number of alkyl halides is 3. The van der Waals surface area contributed by atoms with E-state index in [9.17, 15) is 26.4 Å². The van der Waals surface area contributed by atoms with Gasteiger partial charge in [0.1, 0.15) is 9.77 Å². The molecule has 0 spiro atoms. The van der Waals surface area contributed by atoms with Crippen LogP contribution in [0.1, 0.15) is 9.67 Å². The lowest BCUT2D eigenvalue weighted by molar-refractivity contribution is -0.154. The number of anilines is 1. The van der Waals surface area contributed by atoms with Crippen molar-refractivity contribution in [3.63, 3.8) is 0 Å². The monoisotopic (exact) mass is 467 g/mol. The van der Waals surface area contributed by atoms with Crippen molar-refractivity contribution >= 4 is 44.7 Å². The summed E-state index contributed by atoms with van der Waals surface area (Å²) in [5, 5.41) is 4.02. The largest absolute Gasteiger partial charge is 0.468 e. The Balaban J connectivity index is 1.70. The Morgan fingerprint density at radius 2 is 1.97 bits per heavy atom. The van der Waals surface area contributed by atoms with Gasteiger partial charge in [0.15, 0.2) is 6.61 Å². The highest BCUT2D eigenvalue weighted by atomic mass is 32.2. The van der Waals surface area contributed by atoms with Crippen LogP contribution in [0.25, 0.3) is 0 Å². The maximum atomic E-state index is 12.8. The number of sulfonamides is 1. The van der Waals surface area contributed by atoms with E-state index < -0.39 is 28.7 Å². The van der Waals surface area contributed by atoms with Crippen LogP contribution in [-0.4, -0.2) is 61.0 Å². The maximum Gasteiger partial charge on any atom is 0.422 e. The zero-order valence-corrected chi connectivity index (χ0v) is 17.3. The van der Waals surface area contributed by atoms with Gasteiger partial charge in [-0.25, -0.2) is 13.4 Å². The number of nitrogens with zero attached hydrogens (tertiary/aromatic N) is 2. The number of hydrogen-bond acceptors (Lipinski definition) is 7. The number of thioether (sulfide) groups is 1. The zero-order valence-electron chi connectivity index (χ0n) is 14.8. The van der Waals surface area contributed by atoms with Crippen LogP contribution >= 0.6 is 23.1 Å². The Bertz CT molecular complexity index is 956. The van der Waals surface area contributed by atoms with E-state index >= 15 is 0 Å². The molecule has 7 nitrogen and oxygen atoms in total. The van der Waals surface area contributed by atoms with Gasteiger partial charge in [0, 0.05) is 30.7 Å². The highest BCUT2D eigenvalue weighted by Gasteiger charge is 2.31. The van der Waals surface area contributed by atoms with Crippen molar-refractivity contribution in [1.29, 1.82) is 0 Å². The Morgan fingerprint density at radius 1 is 1.24 bits per heavy atom. The fourth-order valence-corrected chi connectivity index (χ4v) is 6.35. The number of ether oxygens (including phenoxy) is 1. The van der Waals surface area contributed by atoms with Gasteiger partial charge < -0.3 is 10.1 Å². The van der Waals surface area contributed by atoms with Gasteiger partial charge in [-0.3, -0.25) is 4.79 Å². The first-order valence-electron chi connectivity index (χ1n) is 8.29. The van der Waals surface area contributed by atoms with Gasteiger partial charge in [-0.2, -0.15) is 29.2 Å². The highest BCUT2D eigenvalue weighted by molar-refractivity contribution is 7.99. The summed E-state index contributed by atoms with van der Waals surface area (Å²) in [5.41, 5.74) is 0.195.